The number of allylic oxidation sites excluding steroid dienone is 4. The van der Waals surface area contributed by atoms with Crippen LogP contribution in [0.3, 0.4) is 0 Å². The zero-order chi connectivity index (χ0) is 106. The molecule has 4 aromatic heterocycles. The van der Waals surface area contributed by atoms with Gasteiger partial charge < -0.3 is 69.2 Å². The third-order valence-electron chi connectivity index (χ3n) is 28.8. The average molecular weight is 2040 g/mol. The lowest BCUT2D eigenvalue weighted by atomic mass is 9.86. The highest BCUT2D eigenvalue weighted by molar-refractivity contribution is 5.91. The van der Waals surface area contributed by atoms with Gasteiger partial charge in [-0.1, -0.05) is 72.8 Å². The number of nitrogens with zero attached hydrogens (tertiary/aromatic N) is 14. The van der Waals surface area contributed by atoms with Crippen molar-refractivity contribution in [2.45, 2.75) is 234 Å². The molecule has 8 aromatic rings. The fourth-order valence-corrected chi connectivity index (χ4v) is 19.8. The summed E-state index contributed by atoms with van der Waals surface area (Å²) in [5, 5.41) is 33.4. The zero-order valence-corrected chi connectivity index (χ0v) is 85.4. The number of benzene rings is 4. The minimum absolute atomic E-state index is 0.0401. The number of carboxylic acid groups (broad SMARTS) is 2. The van der Waals surface area contributed by atoms with E-state index in [9.17, 15) is 74.3 Å². The first-order valence-electron chi connectivity index (χ1n) is 49.8. The van der Waals surface area contributed by atoms with Gasteiger partial charge in [0.25, 0.3) is 11.1 Å². The van der Waals surface area contributed by atoms with Crippen molar-refractivity contribution >= 4 is 103 Å². The number of piperidine rings is 4. The van der Waals surface area contributed by atoms with E-state index >= 15 is 0 Å². The number of alkyl halides is 6. The number of fused-ring (bicyclic) bond motifs is 18. The maximum Gasteiger partial charge on any atom is 0.490 e. The average Bonchev–Trinajstić information content (AvgIpc) is 0.963. The van der Waals surface area contributed by atoms with Crippen molar-refractivity contribution in [2.75, 3.05) is 119 Å². The summed E-state index contributed by atoms with van der Waals surface area (Å²) < 4.78 is 92.7. The Labute approximate surface area is 844 Å². The van der Waals surface area contributed by atoms with Gasteiger partial charge in [-0.15, -0.1) is 13.2 Å². The standard InChI is InChI=1S/C52H70N8O7.C50H66N8O7.2C2HF3O2/c1-9-19-51(4,5)48(63)66-34-59-33-40-30-37(29-36(3)45(40)54-59)31-43(47(62)57-27-25-56(26-28-57)41-17-21-55(8)22-18-41)53-50(65)58-23-15-38(16-24-58)42-32-39-13-11-12-14-44(39)60(46(42)61)35-67-49(64)52(6,7)20-10-2;1-34-27-35-28-38-31-57(52-43(34)38)32-64-46(61)49(2,3)17-9-10-18-50(4,5)47(62)65-33-58-42-12-8-7-11-37(42)30-40(44(58)59)36-13-21-56(22-14-36)48(63)51-41(29-35)45(60)55-25-23-54(24-26-55)39-15-19-53(6)20-16-39;2*3-2(4,5)1(6)7/h9-14,29-30,32-33,38,41,43H,1-2,15-28,31,34-35H2,3-8H3,(H,53,65);7-12,27-28,30-31,36,39,41H,13-26,29,32-33H2,1-6H3,(H,51,63);2*(H,6,7)/b;10-9-;;/t43-;41-;;/m11../s1. The van der Waals surface area contributed by atoms with Crippen molar-refractivity contribution in [1.29, 1.82) is 0 Å². The number of carboxylic acids is 2. The monoisotopic (exact) mass is 2040 g/mol. The number of aryl methyl sites for hydroxylation is 2. The highest BCUT2D eigenvalue weighted by atomic mass is 19.4. The third kappa shape index (κ3) is 28.7. The van der Waals surface area contributed by atoms with Crippen LogP contribution in [0.15, 0.2) is 144 Å². The first-order chi connectivity index (χ1) is 68.9. The Bertz CT molecular complexity index is 6190. The van der Waals surface area contributed by atoms with E-state index in [2.05, 4.69) is 57.5 Å². The van der Waals surface area contributed by atoms with Crippen molar-refractivity contribution in [3.63, 3.8) is 0 Å². The van der Waals surface area contributed by atoms with Gasteiger partial charge in [0, 0.05) is 138 Å². The molecule has 40 heteroatoms. The maximum atomic E-state index is 14.6. The topological polar surface area (TPSA) is 378 Å². The summed E-state index contributed by atoms with van der Waals surface area (Å²) in [4.78, 5) is 174. The van der Waals surface area contributed by atoms with Crippen molar-refractivity contribution in [3.05, 3.63) is 189 Å². The number of hydrogen-bond donors (Lipinski definition) is 4. The largest absolute Gasteiger partial charge is 0.490 e. The van der Waals surface area contributed by atoms with Crippen molar-refractivity contribution in [3.8, 4) is 0 Å². The van der Waals surface area contributed by atoms with Crippen LogP contribution in [0, 0.1) is 35.5 Å². The lowest BCUT2D eigenvalue weighted by Gasteiger charge is -2.43. The number of likely N-dealkylation sites (tertiary alicyclic amines) is 3. The van der Waals surface area contributed by atoms with Crippen molar-refractivity contribution in [2.24, 2.45) is 21.7 Å². The van der Waals surface area contributed by atoms with E-state index in [1.54, 1.807) is 59.0 Å². The Morgan fingerprint density at radius 3 is 1.52 bits per heavy atom. The van der Waals surface area contributed by atoms with Crippen LogP contribution < -0.4 is 21.8 Å². The fourth-order valence-electron chi connectivity index (χ4n) is 19.8. The smallest absolute Gasteiger partial charge is 0.475 e. The second-order valence-corrected chi connectivity index (χ2v) is 41.8. The van der Waals surface area contributed by atoms with Crippen LogP contribution in [-0.2, 0) is 97.1 Å². The van der Waals surface area contributed by atoms with E-state index < -0.39 is 70.0 Å². The molecule has 146 heavy (non-hydrogen) atoms. The molecule has 6 saturated heterocycles. The van der Waals surface area contributed by atoms with Crippen LogP contribution in [0.5, 0.6) is 0 Å². The number of carbonyl (C=O) groups is 10. The molecule has 0 unspecified atom stereocenters. The third-order valence-corrected chi connectivity index (χ3v) is 28.8. The molecule has 2 atom stereocenters. The molecule has 12 heterocycles. The molecule has 0 saturated carbocycles. The lowest BCUT2D eigenvalue weighted by molar-refractivity contribution is -0.193. The predicted molar refractivity (Wildman–Crippen MR) is 537 cm³/mol. The SMILES string of the molecule is C=CCC(C)(C)C(=O)OCn1cc2cc(C[C@@H](NC(=O)N3CCC(c4cc5ccccc5n(COC(=O)C(C)(C)CC=C)c4=O)CC3)C(=O)N3CCN(C4CCN(C)CC4)CC3)cc(C)c2n1.Cc1cc2cc3cn(nc13)COC(=O)C(C)(C)C/C=C\CC(C)(C)C(=O)OCn1c(=O)c(cc3ccccc31)C1CCN(CC1)C(=O)N[C@@H](C(=O)N1CCN(C3CCN(C)CC3)CC1)C2.O=C(O)C(F)(F)F.O=C(O)C(F)(F)F. The quantitative estimate of drug-likeness (QED) is 0.0268. The van der Waals surface area contributed by atoms with Crippen LogP contribution in [0.25, 0.3) is 43.6 Å². The Balaban J connectivity index is 0.000000229. The molecule has 4 N–H and O–H groups in total. The number of para-hydroxylation sites is 2. The molecule has 6 fully saturated rings. The molecule has 8 aliphatic rings. The van der Waals surface area contributed by atoms with Gasteiger partial charge in [0.2, 0.25) is 11.8 Å². The highest BCUT2D eigenvalue weighted by Gasteiger charge is 2.43. The van der Waals surface area contributed by atoms with E-state index in [4.69, 9.17) is 48.9 Å². The molecule has 0 aliphatic carbocycles. The number of urea groups is 2. The molecular formula is C106H138F6N16O18. The predicted octanol–water partition coefficient (Wildman–Crippen LogP) is 13.7. The summed E-state index contributed by atoms with van der Waals surface area (Å²) in [6.07, 6.45) is 9.62. The number of piperazine rings is 2. The number of aromatic nitrogens is 6. The fraction of sp³-hybridized carbons (Fsp3) is 0.547. The Hall–Kier alpha value is -12.8. The normalized spacial score (nSPS) is 19.5. The van der Waals surface area contributed by atoms with Crippen molar-refractivity contribution < 1.29 is 103 Å². The number of carbonyl (C=O) groups excluding carboxylic acids is 8. The molecule has 792 valence electrons. The molecule has 7 bridgehead atoms. The van der Waals surface area contributed by atoms with E-state index in [0.717, 1.165) is 133 Å². The number of nitrogens with one attached hydrogen (secondary N) is 2. The van der Waals surface area contributed by atoms with E-state index in [-0.39, 0.29) is 98.5 Å². The second kappa shape index (κ2) is 48.2. The summed E-state index contributed by atoms with van der Waals surface area (Å²) in [5.74, 6) is -7.57. The molecule has 34 nitrogen and oxygen atoms in total. The zero-order valence-electron chi connectivity index (χ0n) is 85.4. The highest BCUT2D eigenvalue weighted by Crippen LogP contribution is 2.36. The van der Waals surface area contributed by atoms with Crippen LogP contribution in [0.1, 0.15) is 178 Å². The molecule has 4 aromatic carbocycles. The summed E-state index contributed by atoms with van der Waals surface area (Å²) in [6, 6.07) is 25.8. The number of rotatable bonds is 18. The number of ether oxygens (including phenoxy) is 4. The van der Waals surface area contributed by atoms with E-state index in [1.165, 1.54) is 9.13 Å². The first kappa shape index (κ1) is 112. The molecule has 16 rings (SSSR count). The number of amides is 6. The van der Waals surface area contributed by atoms with Crippen LogP contribution in [0.2, 0.25) is 0 Å². The number of aliphatic carboxylic acids is 2. The second-order valence-electron chi connectivity index (χ2n) is 41.8. The van der Waals surface area contributed by atoms with Gasteiger partial charge in [-0.25, -0.2) is 28.5 Å². The molecular weight excluding hydrogens is 1900 g/mol. The Morgan fingerprint density at radius 2 is 1.00 bits per heavy atom. The van der Waals surface area contributed by atoms with Crippen LogP contribution in [-0.4, -0.2) is 293 Å². The first-order valence-corrected chi connectivity index (χ1v) is 49.8. The van der Waals surface area contributed by atoms with Gasteiger partial charge in [0.15, 0.2) is 26.9 Å². The summed E-state index contributed by atoms with van der Waals surface area (Å²) in [5.41, 5.74) is 3.98. The van der Waals surface area contributed by atoms with E-state index in [1.807, 2.05) is 161 Å². The number of halogens is 6. The molecule has 8 aliphatic heterocycles. The maximum absolute atomic E-state index is 14.6. The van der Waals surface area contributed by atoms with Gasteiger partial charge in [-0.3, -0.25) is 57.3 Å². The summed E-state index contributed by atoms with van der Waals surface area (Å²) >= 11 is 0. The van der Waals surface area contributed by atoms with Crippen LogP contribution in [0.4, 0.5) is 35.9 Å². The minimum Gasteiger partial charge on any atom is -0.475 e. The number of esters is 4. The van der Waals surface area contributed by atoms with Gasteiger partial charge in [-0.2, -0.15) is 36.5 Å². The minimum atomic E-state index is -5.08. The van der Waals surface area contributed by atoms with Gasteiger partial charge in [0.1, 0.15) is 12.1 Å². The van der Waals surface area contributed by atoms with E-state index in [0.29, 0.717) is 138 Å². The Kier molecular flexibility index (Phi) is 37.0. The molecule has 6 amide bonds. The molecule has 0 spiro atoms. The molecule has 0 radical (unpaired) electrons. The van der Waals surface area contributed by atoms with Crippen LogP contribution >= 0.6 is 0 Å². The number of hydrogen-bond acceptors (Lipinski definition) is 22. The lowest BCUT2D eigenvalue weighted by Crippen LogP contribution is -2.59. The summed E-state index contributed by atoms with van der Waals surface area (Å²) in [6.45, 7) is 36.8. The van der Waals surface area contributed by atoms with Gasteiger partial charge >= 0.3 is 60.2 Å². The number of pyridine rings is 2. The van der Waals surface area contributed by atoms with Gasteiger partial charge in [-0.05, 0) is 268 Å². The van der Waals surface area contributed by atoms with Crippen molar-refractivity contribution in [1.82, 2.24) is 78.5 Å². The Morgan fingerprint density at radius 1 is 0.541 bits per heavy atom. The van der Waals surface area contributed by atoms with Gasteiger partial charge in [0.05, 0.1) is 43.7 Å². The summed E-state index contributed by atoms with van der Waals surface area (Å²) in [7, 11) is 4.33.